The highest BCUT2D eigenvalue weighted by Gasteiger charge is 2.52. The van der Waals surface area contributed by atoms with E-state index in [1.54, 1.807) is 21.3 Å². The van der Waals surface area contributed by atoms with Crippen LogP contribution in [0.1, 0.15) is 58.3 Å². The van der Waals surface area contributed by atoms with Gasteiger partial charge in [0.1, 0.15) is 24.4 Å². The molecular weight excluding hydrogens is 510 g/mol. The first kappa shape index (κ1) is 32.1. The number of rotatable bonds is 15. The third-order valence-electron chi connectivity index (χ3n) is 8.07. The second-order valence-corrected chi connectivity index (χ2v) is 10.8. The van der Waals surface area contributed by atoms with E-state index < -0.39 is 42.6 Å². The standard InChI is InChI=1S/C28H47NO10/c1-17-13-19(37-22(18(17)2)11-12-33-4)7-6-8-21(31)25-28(35-15-29-3)27(34-5)26-23(39-25)10-9-20(38-26)14-24(32)36-16-30/h16-17,19-23,25-29,31H,2,6-15H2,1,3-5H3/t17-,19+,20-,21+,22-,23+,25+,26+,27+,28?/m1/s1. The summed E-state index contributed by atoms with van der Waals surface area (Å²) in [6.07, 6.45) is 1.36. The van der Waals surface area contributed by atoms with E-state index in [0.717, 1.165) is 31.3 Å². The maximum Gasteiger partial charge on any atom is 0.315 e. The molecule has 3 saturated heterocycles. The Morgan fingerprint density at radius 2 is 1.97 bits per heavy atom. The molecule has 0 bridgehead atoms. The van der Waals surface area contributed by atoms with E-state index in [4.69, 9.17) is 28.4 Å². The molecule has 3 aliphatic rings. The SMILES string of the molecule is C=C1[C@H](C)C[C@H](CCC[C@H](O)[C@@H]2O[C@H]3CC[C@H](CC(=O)OC=O)O[C@@H]3[C@H](OC)C2OCNC)O[C@@H]1CCOC. The Labute approximate surface area is 231 Å². The highest BCUT2D eigenvalue weighted by Crippen LogP contribution is 2.37. The van der Waals surface area contributed by atoms with Gasteiger partial charge in [-0.15, -0.1) is 0 Å². The van der Waals surface area contributed by atoms with E-state index >= 15 is 0 Å². The number of methoxy groups -OCH3 is 2. The summed E-state index contributed by atoms with van der Waals surface area (Å²) in [4.78, 5) is 22.3. The predicted molar refractivity (Wildman–Crippen MR) is 141 cm³/mol. The molecule has 3 heterocycles. The molecule has 0 saturated carbocycles. The van der Waals surface area contributed by atoms with E-state index in [1.807, 2.05) is 0 Å². The topological polar surface area (TPSA) is 131 Å². The number of fused-ring (bicyclic) bond motifs is 1. The summed E-state index contributed by atoms with van der Waals surface area (Å²) in [5.74, 6) is -0.257. The van der Waals surface area contributed by atoms with Gasteiger partial charge in [-0.2, -0.15) is 0 Å². The molecule has 224 valence electrons. The molecule has 10 atom stereocenters. The number of carbonyl (C=O) groups is 2. The number of hydrogen-bond acceptors (Lipinski definition) is 11. The number of nitrogens with one attached hydrogen (secondary N) is 1. The van der Waals surface area contributed by atoms with Crippen molar-refractivity contribution in [2.24, 2.45) is 5.92 Å². The van der Waals surface area contributed by atoms with Crippen molar-refractivity contribution in [1.82, 2.24) is 5.32 Å². The van der Waals surface area contributed by atoms with Crippen LogP contribution in [0.3, 0.4) is 0 Å². The van der Waals surface area contributed by atoms with Gasteiger partial charge in [0.15, 0.2) is 0 Å². The molecule has 11 heteroatoms. The normalized spacial score (nSPS) is 35.7. The van der Waals surface area contributed by atoms with Crippen molar-refractivity contribution in [1.29, 1.82) is 0 Å². The number of aliphatic hydroxyl groups is 1. The highest BCUT2D eigenvalue weighted by molar-refractivity contribution is 5.76. The zero-order valence-electron chi connectivity index (χ0n) is 23.8. The van der Waals surface area contributed by atoms with Crippen molar-refractivity contribution in [3.8, 4) is 0 Å². The molecule has 11 nitrogen and oxygen atoms in total. The molecule has 0 aromatic heterocycles. The Hall–Kier alpha value is -1.44. The monoisotopic (exact) mass is 557 g/mol. The average molecular weight is 558 g/mol. The first-order chi connectivity index (χ1) is 18.8. The second-order valence-electron chi connectivity index (χ2n) is 10.8. The van der Waals surface area contributed by atoms with Crippen molar-refractivity contribution in [2.75, 3.05) is 34.6 Å². The van der Waals surface area contributed by atoms with Crippen molar-refractivity contribution in [2.45, 2.75) is 113 Å². The van der Waals surface area contributed by atoms with Crippen molar-refractivity contribution < 1.29 is 47.9 Å². The molecule has 0 aromatic rings. The lowest BCUT2D eigenvalue weighted by Gasteiger charge is -2.50. The lowest BCUT2D eigenvalue weighted by Crippen LogP contribution is -2.64. The molecule has 0 amide bonds. The summed E-state index contributed by atoms with van der Waals surface area (Å²) < 4.78 is 40.5. The quantitative estimate of drug-likeness (QED) is 0.101. The van der Waals surface area contributed by atoms with Gasteiger partial charge in [0.05, 0.1) is 43.7 Å². The lowest BCUT2D eigenvalue weighted by molar-refractivity contribution is -0.291. The Balaban J connectivity index is 1.59. The van der Waals surface area contributed by atoms with Crippen LogP contribution in [-0.2, 0) is 42.7 Å². The number of esters is 1. The highest BCUT2D eigenvalue weighted by atomic mass is 16.6. The van der Waals surface area contributed by atoms with E-state index in [-0.39, 0.29) is 37.9 Å². The first-order valence-electron chi connectivity index (χ1n) is 14.1. The van der Waals surface area contributed by atoms with Gasteiger partial charge in [-0.05, 0) is 57.1 Å². The Morgan fingerprint density at radius 3 is 2.67 bits per heavy atom. The first-order valence-corrected chi connectivity index (χ1v) is 14.1. The van der Waals surface area contributed by atoms with Crippen LogP contribution in [0.5, 0.6) is 0 Å². The summed E-state index contributed by atoms with van der Waals surface area (Å²) in [6.45, 7) is 7.41. The number of ether oxygens (including phenoxy) is 7. The van der Waals surface area contributed by atoms with Crippen LogP contribution in [0, 0.1) is 5.92 Å². The minimum absolute atomic E-state index is 0.000517. The minimum Gasteiger partial charge on any atom is -0.395 e. The van der Waals surface area contributed by atoms with E-state index in [0.29, 0.717) is 31.8 Å². The fraction of sp³-hybridized carbons (Fsp3) is 0.857. The third kappa shape index (κ3) is 8.77. The zero-order chi connectivity index (χ0) is 28.4. The van der Waals surface area contributed by atoms with Crippen LogP contribution in [0.25, 0.3) is 0 Å². The Kier molecular flexibility index (Phi) is 13.3. The Morgan fingerprint density at radius 1 is 1.18 bits per heavy atom. The van der Waals surface area contributed by atoms with Crippen LogP contribution in [0.2, 0.25) is 0 Å². The zero-order valence-corrected chi connectivity index (χ0v) is 23.8. The fourth-order valence-corrected chi connectivity index (χ4v) is 5.99. The van der Waals surface area contributed by atoms with Crippen LogP contribution < -0.4 is 5.32 Å². The largest absolute Gasteiger partial charge is 0.395 e. The van der Waals surface area contributed by atoms with Gasteiger partial charge in [0, 0.05) is 27.2 Å². The summed E-state index contributed by atoms with van der Waals surface area (Å²) in [6, 6.07) is 0. The summed E-state index contributed by atoms with van der Waals surface area (Å²) in [7, 11) is 5.04. The molecule has 3 aliphatic heterocycles. The van der Waals surface area contributed by atoms with Gasteiger partial charge >= 0.3 is 12.4 Å². The number of carbonyl (C=O) groups excluding carboxylic acids is 2. The Bertz CT molecular complexity index is 781. The maximum atomic E-state index is 11.8. The molecular formula is C28H47NO10. The van der Waals surface area contributed by atoms with Gasteiger partial charge in [-0.1, -0.05) is 13.5 Å². The number of aliphatic hydroxyl groups excluding tert-OH is 1. The molecule has 0 radical (unpaired) electrons. The molecule has 1 unspecified atom stereocenters. The van der Waals surface area contributed by atoms with Gasteiger partial charge in [-0.25, -0.2) is 0 Å². The van der Waals surface area contributed by atoms with E-state index in [2.05, 4.69) is 23.6 Å². The average Bonchev–Trinajstić information content (AvgIpc) is 2.92. The maximum absolute atomic E-state index is 11.8. The van der Waals surface area contributed by atoms with E-state index in [1.165, 1.54) is 0 Å². The summed E-state index contributed by atoms with van der Waals surface area (Å²) in [5.41, 5.74) is 1.13. The molecule has 3 fully saturated rings. The fourth-order valence-electron chi connectivity index (χ4n) is 5.99. The van der Waals surface area contributed by atoms with Gasteiger partial charge in [-0.3, -0.25) is 14.9 Å². The van der Waals surface area contributed by atoms with E-state index in [9.17, 15) is 14.7 Å². The van der Waals surface area contributed by atoms with Gasteiger partial charge in [0.2, 0.25) is 0 Å². The smallest absolute Gasteiger partial charge is 0.315 e. The molecule has 3 rings (SSSR count). The molecule has 0 spiro atoms. The predicted octanol–water partition coefficient (Wildman–Crippen LogP) is 1.89. The lowest BCUT2D eigenvalue weighted by atomic mass is 9.85. The molecule has 2 N–H and O–H groups in total. The van der Waals surface area contributed by atoms with Gasteiger partial charge in [0.25, 0.3) is 0 Å². The number of hydrogen-bond donors (Lipinski definition) is 2. The third-order valence-corrected chi connectivity index (χ3v) is 8.07. The molecule has 0 aromatic carbocycles. The second kappa shape index (κ2) is 16.1. The minimum atomic E-state index is -0.772. The molecule has 0 aliphatic carbocycles. The molecule has 39 heavy (non-hydrogen) atoms. The van der Waals surface area contributed by atoms with Crippen LogP contribution >= 0.6 is 0 Å². The van der Waals surface area contributed by atoms with Gasteiger partial charge < -0.3 is 38.3 Å². The summed E-state index contributed by atoms with van der Waals surface area (Å²) >= 11 is 0. The van der Waals surface area contributed by atoms with Crippen molar-refractivity contribution in [3.63, 3.8) is 0 Å². The van der Waals surface area contributed by atoms with Crippen LogP contribution in [-0.4, -0.2) is 107 Å². The van der Waals surface area contributed by atoms with Crippen molar-refractivity contribution >= 4 is 12.4 Å². The summed E-state index contributed by atoms with van der Waals surface area (Å²) in [5, 5.41) is 14.3. The van der Waals surface area contributed by atoms with Crippen LogP contribution in [0.15, 0.2) is 12.2 Å². The van der Waals surface area contributed by atoms with Crippen molar-refractivity contribution in [3.05, 3.63) is 12.2 Å². The van der Waals surface area contributed by atoms with Crippen LogP contribution in [0.4, 0.5) is 0 Å².